The van der Waals surface area contributed by atoms with Crippen LogP contribution in [0.4, 0.5) is 17.6 Å². The minimum absolute atomic E-state index is 0.0612. The van der Waals surface area contributed by atoms with Gasteiger partial charge in [0.25, 0.3) is 0 Å². The zero-order valence-electron chi connectivity index (χ0n) is 14.9. The number of nitrogens with zero attached hydrogens (tertiary/aromatic N) is 2. The highest BCUT2D eigenvalue weighted by molar-refractivity contribution is 6.30. The van der Waals surface area contributed by atoms with Gasteiger partial charge in [0.2, 0.25) is 0 Å². The molecule has 0 saturated heterocycles. The number of alkyl halides is 3. The Morgan fingerprint density at radius 1 is 1.19 bits per heavy atom. The maximum atomic E-state index is 14.5. The first-order valence-corrected chi connectivity index (χ1v) is 8.67. The van der Waals surface area contributed by atoms with E-state index in [9.17, 15) is 17.6 Å². The fraction of sp³-hybridized carbons (Fsp3) is 0.444. The second-order valence-electron chi connectivity index (χ2n) is 5.65. The van der Waals surface area contributed by atoms with E-state index in [1.807, 2.05) is 13.8 Å². The first-order chi connectivity index (χ1) is 12.7. The van der Waals surface area contributed by atoms with Crippen LogP contribution in [0, 0.1) is 5.82 Å². The summed E-state index contributed by atoms with van der Waals surface area (Å²) >= 11 is 6.30. The second-order valence-corrected chi connectivity index (χ2v) is 6.00. The Hall–Kier alpha value is -2.18. The summed E-state index contributed by atoms with van der Waals surface area (Å²) < 4.78 is 52.6. The van der Waals surface area contributed by atoms with Crippen molar-refractivity contribution in [2.24, 2.45) is 0 Å². The maximum Gasteiger partial charge on any atom is 0.389 e. The molecule has 1 aromatic carbocycles. The van der Waals surface area contributed by atoms with E-state index in [0.29, 0.717) is 35.1 Å². The average Bonchev–Trinajstić information content (AvgIpc) is 2.90. The van der Waals surface area contributed by atoms with Crippen LogP contribution in [0.25, 0.3) is 5.69 Å². The monoisotopic (exact) mass is 406 g/mol. The molecule has 0 bridgehead atoms. The molecule has 148 valence electrons. The highest BCUT2D eigenvalue weighted by Crippen LogP contribution is 2.27. The van der Waals surface area contributed by atoms with Crippen LogP contribution < -0.4 is 0 Å². The first-order valence-electron chi connectivity index (χ1n) is 8.29. The van der Waals surface area contributed by atoms with E-state index < -0.39 is 18.4 Å². The smallest absolute Gasteiger partial charge is 0.284 e. The number of halogens is 5. The Morgan fingerprint density at radius 3 is 2.30 bits per heavy atom. The van der Waals surface area contributed by atoms with Crippen molar-refractivity contribution >= 4 is 17.8 Å². The van der Waals surface area contributed by atoms with Gasteiger partial charge in [-0.15, -0.1) is 0 Å². The van der Waals surface area contributed by atoms with E-state index in [4.69, 9.17) is 21.2 Å². The van der Waals surface area contributed by atoms with Crippen molar-refractivity contribution in [2.75, 3.05) is 0 Å². The largest absolute Gasteiger partial charge is 0.389 e. The van der Waals surface area contributed by atoms with Gasteiger partial charge >= 0.3 is 12.3 Å². The molecule has 0 spiro atoms. The molecule has 0 fully saturated rings. The Bertz CT molecular complexity index is 797. The van der Waals surface area contributed by atoms with Crippen molar-refractivity contribution in [3.8, 4) is 5.69 Å². The van der Waals surface area contributed by atoms with E-state index in [1.54, 1.807) is 16.7 Å². The zero-order chi connectivity index (χ0) is 20.6. The normalized spacial score (nSPS) is 10.9. The molecule has 2 rings (SSSR count). The minimum atomic E-state index is -4.19. The van der Waals surface area contributed by atoms with Gasteiger partial charge in [0.15, 0.2) is 0 Å². The molecule has 1 aromatic heterocycles. The summed E-state index contributed by atoms with van der Waals surface area (Å²) in [5.41, 5.74) is 1.50. The molecule has 0 aliphatic carbocycles. The van der Waals surface area contributed by atoms with Gasteiger partial charge in [-0.3, -0.25) is 4.57 Å². The zero-order valence-corrected chi connectivity index (χ0v) is 15.6. The van der Waals surface area contributed by atoms with Crippen LogP contribution in [0.5, 0.6) is 0 Å². The quantitative estimate of drug-likeness (QED) is 0.628. The number of rotatable bonds is 6. The number of carbonyl (C=O) groups excluding carboxylic acids is 2. The summed E-state index contributed by atoms with van der Waals surface area (Å²) in [5.74, 6) is 0.136. The molecule has 0 unspecified atom stereocenters. The summed E-state index contributed by atoms with van der Waals surface area (Å²) in [6.45, 7) is 3.82. The Labute approximate surface area is 159 Å². The molecule has 0 radical (unpaired) electrons. The highest BCUT2D eigenvalue weighted by Gasteiger charge is 2.26. The Kier molecular flexibility index (Phi) is 8.66. The van der Waals surface area contributed by atoms with Crippen LogP contribution in [0.15, 0.2) is 18.2 Å². The van der Waals surface area contributed by atoms with Crippen LogP contribution in [-0.4, -0.2) is 21.9 Å². The third kappa shape index (κ3) is 6.48. The van der Waals surface area contributed by atoms with Crippen LogP contribution in [0.1, 0.15) is 43.8 Å². The van der Waals surface area contributed by atoms with Gasteiger partial charge in [0, 0.05) is 12.8 Å². The van der Waals surface area contributed by atoms with Crippen molar-refractivity contribution in [3.63, 3.8) is 0 Å². The number of hydrogen-bond donors (Lipinski definition) is 0. The first kappa shape index (κ1) is 22.9. The minimum Gasteiger partial charge on any atom is -0.284 e. The summed E-state index contributed by atoms with van der Waals surface area (Å²) in [6.07, 6.45) is -3.47. The number of imidazole rings is 1. The van der Waals surface area contributed by atoms with Gasteiger partial charge < -0.3 is 0 Å². The van der Waals surface area contributed by atoms with E-state index in [-0.39, 0.29) is 24.7 Å². The highest BCUT2D eigenvalue weighted by atomic mass is 35.5. The van der Waals surface area contributed by atoms with Gasteiger partial charge in [0.05, 0.1) is 11.4 Å². The number of hydrogen-bond acceptors (Lipinski definition) is 3. The Balaban J connectivity index is 0.00000114. The van der Waals surface area contributed by atoms with Crippen molar-refractivity contribution < 1.29 is 27.2 Å². The van der Waals surface area contributed by atoms with Crippen molar-refractivity contribution in [1.29, 1.82) is 0 Å². The van der Waals surface area contributed by atoms with Crippen LogP contribution in [0.3, 0.4) is 0 Å². The van der Waals surface area contributed by atoms with Crippen molar-refractivity contribution in [3.05, 3.63) is 46.3 Å². The molecule has 0 aliphatic heterocycles. The van der Waals surface area contributed by atoms with E-state index in [1.165, 1.54) is 6.07 Å². The van der Waals surface area contributed by atoms with Gasteiger partial charge in [0.1, 0.15) is 16.8 Å². The lowest BCUT2D eigenvalue weighted by Gasteiger charge is -2.11. The molecule has 2 aromatic rings. The van der Waals surface area contributed by atoms with E-state index in [2.05, 4.69) is 4.98 Å². The van der Waals surface area contributed by atoms with Crippen LogP contribution in [0.2, 0.25) is 5.15 Å². The lowest BCUT2D eigenvalue weighted by atomic mass is 10.1. The molecular formula is C18H19ClF4N2O2. The van der Waals surface area contributed by atoms with Gasteiger partial charge in [-0.1, -0.05) is 31.5 Å². The topological polar surface area (TPSA) is 52.0 Å². The molecule has 0 aliphatic rings. The molecule has 4 nitrogen and oxygen atoms in total. The SMILES string of the molecule is CCc1nc(CC)n(-c2ccc(CCCC(F)(F)F)cc2F)c1Cl.O=C=O. The molecule has 0 saturated carbocycles. The molecule has 1 heterocycles. The van der Waals surface area contributed by atoms with Gasteiger partial charge in [-0.05, 0) is 37.0 Å². The van der Waals surface area contributed by atoms with E-state index >= 15 is 0 Å². The lowest BCUT2D eigenvalue weighted by molar-refractivity contribution is -0.191. The molecule has 0 amide bonds. The lowest BCUT2D eigenvalue weighted by Crippen LogP contribution is -2.07. The predicted octanol–water partition coefficient (Wildman–Crippen LogP) is 5.09. The van der Waals surface area contributed by atoms with E-state index in [0.717, 1.165) is 0 Å². The van der Waals surface area contributed by atoms with Gasteiger partial charge in [-0.25, -0.2) is 9.37 Å². The average molecular weight is 407 g/mol. The standard InChI is InChI=1S/C17H19ClF4N2.CO2/c1-3-13-16(18)24(15(4-2)23-13)14-8-7-11(10-12(14)19)6-5-9-17(20,21)22;2-1-3/h7-8,10H,3-6,9H2,1-2H3;. The number of benzene rings is 1. The third-order valence-electron chi connectivity index (χ3n) is 3.79. The van der Waals surface area contributed by atoms with Gasteiger partial charge in [-0.2, -0.15) is 22.8 Å². The van der Waals surface area contributed by atoms with Crippen LogP contribution in [-0.2, 0) is 28.9 Å². The molecular weight excluding hydrogens is 388 g/mol. The molecule has 27 heavy (non-hydrogen) atoms. The predicted molar refractivity (Wildman–Crippen MR) is 91.3 cm³/mol. The summed E-state index contributed by atoms with van der Waals surface area (Å²) in [4.78, 5) is 20.7. The molecule has 0 atom stereocenters. The summed E-state index contributed by atoms with van der Waals surface area (Å²) in [6, 6.07) is 4.45. The van der Waals surface area contributed by atoms with Crippen LogP contribution >= 0.6 is 11.6 Å². The van der Waals surface area contributed by atoms with Crippen molar-refractivity contribution in [1.82, 2.24) is 9.55 Å². The van der Waals surface area contributed by atoms with Crippen molar-refractivity contribution in [2.45, 2.75) is 52.1 Å². The maximum absolute atomic E-state index is 14.5. The number of aromatic nitrogens is 2. The third-order valence-corrected chi connectivity index (χ3v) is 4.17. The summed E-state index contributed by atoms with van der Waals surface area (Å²) in [7, 11) is 0. The molecule has 9 heteroatoms. The Morgan fingerprint density at radius 2 is 1.81 bits per heavy atom. The fourth-order valence-corrected chi connectivity index (χ4v) is 2.95. The second kappa shape index (κ2) is 10.2. The number of aryl methyl sites for hydroxylation is 3. The fourth-order valence-electron chi connectivity index (χ4n) is 2.58. The molecule has 0 N–H and O–H groups in total. The summed E-state index contributed by atoms with van der Waals surface area (Å²) in [5, 5.41) is 0.373.